The number of nitrogens with one attached hydrogen (secondary N) is 2. The molecule has 0 radical (unpaired) electrons. The van der Waals surface area contributed by atoms with Crippen molar-refractivity contribution < 1.29 is 19.0 Å². The monoisotopic (exact) mass is 589 g/mol. The molecule has 9 heteroatoms. The first-order valence-electron chi connectivity index (χ1n) is 15.1. The second-order valence-corrected chi connectivity index (χ2v) is 11.9. The number of amides is 2. The highest BCUT2D eigenvalue weighted by Crippen LogP contribution is 2.40. The van der Waals surface area contributed by atoms with E-state index < -0.39 is 0 Å². The van der Waals surface area contributed by atoms with Crippen LogP contribution in [0.5, 0.6) is 11.5 Å². The molecule has 1 aliphatic rings. The van der Waals surface area contributed by atoms with Gasteiger partial charge in [-0.05, 0) is 77.8 Å². The average molecular weight is 590 g/mol. The first kappa shape index (κ1) is 31.9. The molecule has 0 atom stereocenters. The van der Waals surface area contributed by atoms with Gasteiger partial charge in [0.05, 0.1) is 13.7 Å². The van der Waals surface area contributed by atoms with Crippen molar-refractivity contribution in [2.75, 3.05) is 63.0 Å². The van der Waals surface area contributed by atoms with Crippen molar-refractivity contribution in [2.24, 2.45) is 0 Å². The number of benzene rings is 2. The summed E-state index contributed by atoms with van der Waals surface area (Å²) in [4.78, 5) is 20.4. The number of hydrogen-bond donors (Lipinski definition) is 3. The summed E-state index contributed by atoms with van der Waals surface area (Å²) in [5, 5.41) is 6.42. The maximum atomic E-state index is 13.5. The predicted octanol–water partition coefficient (Wildman–Crippen LogP) is 6.30. The summed E-state index contributed by atoms with van der Waals surface area (Å²) in [6, 6.07) is 15.7. The normalized spacial score (nSPS) is 14.6. The van der Waals surface area contributed by atoms with Gasteiger partial charge in [-0.15, -0.1) is 0 Å². The fourth-order valence-corrected chi connectivity index (χ4v) is 5.81. The van der Waals surface area contributed by atoms with E-state index in [-0.39, 0.29) is 23.3 Å². The van der Waals surface area contributed by atoms with Gasteiger partial charge in [0.15, 0.2) is 11.6 Å². The first-order chi connectivity index (χ1) is 20.7. The third-order valence-electron chi connectivity index (χ3n) is 8.29. The van der Waals surface area contributed by atoms with Gasteiger partial charge >= 0.3 is 6.03 Å². The number of methoxy groups -OCH3 is 2. The second-order valence-electron chi connectivity index (χ2n) is 11.9. The Morgan fingerprint density at radius 2 is 1.70 bits per heavy atom. The quantitative estimate of drug-likeness (QED) is 0.168. The number of hydrogen-bond acceptors (Lipinski definition) is 7. The minimum absolute atomic E-state index is 0.207. The van der Waals surface area contributed by atoms with E-state index in [1.165, 1.54) is 0 Å². The molecule has 232 valence electrons. The number of nitrogens with zero attached hydrogens (tertiary/aromatic N) is 2. The van der Waals surface area contributed by atoms with Crippen LogP contribution in [0.3, 0.4) is 0 Å². The molecule has 4 rings (SSSR count). The number of anilines is 3. The minimum Gasteiger partial charge on any atom is -0.497 e. The summed E-state index contributed by atoms with van der Waals surface area (Å²) in [5.74, 6) is 2.79. The smallest absolute Gasteiger partial charge is 0.319 e. The molecule has 43 heavy (non-hydrogen) atoms. The number of pyridine rings is 1. The van der Waals surface area contributed by atoms with Crippen LogP contribution in [0.4, 0.5) is 22.0 Å². The van der Waals surface area contributed by atoms with Gasteiger partial charge in [-0.3, -0.25) is 0 Å². The zero-order chi connectivity index (χ0) is 31.0. The van der Waals surface area contributed by atoms with Crippen molar-refractivity contribution in [2.45, 2.75) is 57.8 Å². The molecule has 9 nitrogen and oxygen atoms in total. The van der Waals surface area contributed by atoms with Crippen LogP contribution in [0.2, 0.25) is 0 Å². The Morgan fingerprint density at radius 3 is 2.33 bits per heavy atom. The Balaban J connectivity index is 1.56. The van der Waals surface area contributed by atoms with Gasteiger partial charge in [0.25, 0.3) is 0 Å². The van der Waals surface area contributed by atoms with Crippen LogP contribution in [0.1, 0.15) is 69.1 Å². The molecule has 1 aliphatic heterocycles. The number of carbonyl (C=O) groups is 1. The number of piperidine rings is 1. The summed E-state index contributed by atoms with van der Waals surface area (Å²) in [6.45, 7) is 11.4. The fourth-order valence-electron chi connectivity index (χ4n) is 5.81. The highest BCUT2D eigenvalue weighted by atomic mass is 16.5. The van der Waals surface area contributed by atoms with Gasteiger partial charge in [-0.2, -0.15) is 0 Å². The van der Waals surface area contributed by atoms with E-state index in [9.17, 15) is 4.79 Å². The van der Waals surface area contributed by atoms with Crippen molar-refractivity contribution in [3.8, 4) is 11.5 Å². The second kappa shape index (κ2) is 14.5. The molecule has 0 saturated carbocycles. The van der Waals surface area contributed by atoms with E-state index in [1.54, 1.807) is 20.4 Å². The summed E-state index contributed by atoms with van der Waals surface area (Å²) in [5.41, 5.74) is 10.7. The van der Waals surface area contributed by atoms with Crippen LogP contribution in [-0.4, -0.2) is 58.1 Å². The lowest BCUT2D eigenvalue weighted by molar-refractivity contribution is 0.146. The Bertz CT molecular complexity index is 1340. The molecule has 2 aromatic carbocycles. The molecule has 2 heterocycles. The van der Waals surface area contributed by atoms with Gasteiger partial charge in [-0.1, -0.05) is 39.8 Å². The minimum atomic E-state index is -0.295. The zero-order valence-corrected chi connectivity index (χ0v) is 26.4. The van der Waals surface area contributed by atoms with Crippen molar-refractivity contribution >= 4 is 23.2 Å². The Labute approximate surface area is 256 Å². The summed E-state index contributed by atoms with van der Waals surface area (Å²) >= 11 is 0. The highest BCUT2D eigenvalue weighted by molar-refractivity contribution is 5.92. The van der Waals surface area contributed by atoms with Gasteiger partial charge in [0.2, 0.25) is 0 Å². The molecule has 1 fully saturated rings. The summed E-state index contributed by atoms with van der Waals surface area (Å²) in [6.07, 6.45) is 3.41. The largest absolute Gasteiger partial charge is 0.497 e. The number of urea groups is 1. The molecule has 1 aromatic heterocycles. The fraction of sp³-hybridized carbons (Fsp3) is 0.471. The van der Waals surface area contributed by atoms with Gasteiger partial charge in [-0.25, -0.2) is 9.78 Å². The lowest BCUT2D eigenvalue weighted by atomic mass is 9.72. The molecule has 0 bridgehead atoms. The number of ether oxygens (including phenoxy) is 3. The molecule has 4 N–H and O–H groups in total. The molecule has 0 unspecified atom stereocenters. The lowest BCUT2D eigenvalue weighted by Crippen LogP contribution is -2.50. The van der Waals surface area contributed by atoms with E-state index >= 15 is 0 Å². The van der Waals surface area contributed by atoms with Crippen LogP contribution in [0.25, 0.3) is 0 Å². The van der Waals surface area contributed by atoms with Crippen LogP contribution < -0.4 is 30.7 Å². The maximum Gasteiger partial charge on any atom is 0.319 e. The molecular formula is C34H47N5O4. The number of nitrogen functional groups attached to an aromatic ring is 1. The summed E-state index contributed by atoms with van der Waals surface area (Å²) < 4.78 is 16.7. The van der Waals surface area contributed by atoms with Crippen LogP contribution in [0.15, 0.2) is 54.7 Å². The van der Waals surface area contributed by atoms with Crippen LogP contribution in [0, 0.1) is 0 Å². The third kappa shape index (κ3) is 7.70. The van der Waals surface area contributed by atoms with E-state index in [0.717, 1.165) is 65.6 Å². The molecule has 1 saturated heterocycles. The number of rotatable bonds is 12. The Morgan fingerprint density at radius 1 is 1.00 bits per heavy atom. The SMILES string of the molecule is COCCOc1cccnc1N1CCC(CNC(=O)Nc2c(C(C)C)cc(N)cc2C(C)C)(c2cccc(OC)c2)CC1. The third-order valence-corrected chi connectivity index (χ3v) is 8.29. The Kier molecular flexibility index (Phi) is 10.7. The van der Waals surface area contributed by atoms with E-state index in [2.05, 4.69) is 60.3 Å². The number of aromatic nitrogens is 1. The van der Waals surface area contributed by atoms with E-state index in [1.807, 2.05) is 36.4 Å². The predicted molar refractivity (Wildman–Crippen MR) is 174 cm³/mol. The summed E-state index contributed by atoms with van der Waals surface area (Å²) in [7, 11) is 3.34. The molecular weight excluding hydrogens is 542 g/mol. The van der Waals surface area contributed by atoms with Crippen molar-refractivity contribution in [3.63, 3.8) is 0 Å². The van der Waals surface area contributed by atoms with Crippen LogP contribution >= 0.6 is 0 Å². The molecule has 0 spiro atoms. The number of carbonyl (C=O) groups excluding carboxylic acids is 1. The lowest BCUT2D eigenvalue weighted by Gasteiger charge is -2.43. The van der Waals surface area contributed by atoms with Crippen molar-refractivity contribution in [1.29, 1.82) is 0 Å². The highest BCUT2D eigenvalue weighted by Gasteiger charge is 2.38. The standard InChI is InChI=1S/C34H47N5O4/c1-23(2)28-20-26(35)21-29(24(3)4)31(28)38-33(40)37-22-34(25-9-7-10-27(19-25)42-6)12-15-39(16-13-34)32-30(11-8-14-36-32)43-18-17-41-5/h7-11,14,19-21,23-24H,12-13,15-18,22,35H2,1-6H3,(H2,37,38,40). The maximum absolute atomic E-state index is 13.5. The molecule has 0 aliphatic carbocycles. The molecule has 2 amide bonds. The molecule has 3 aromatic rings. The number of nitrogens with two attached hydrogens (primary N) is 1. The average Bonchev–Trinajstić information content (AvgIpc) is 3.01. The van der Waals surface area contributed by atoms with Gasteiger partial charge in [0, 0.05) is 49.7 Å². The van der Waals surface area contributed by atoms with Gasteiger partial charge in [0.1, 0.15) is 12.4 Å². The van der Waals surface area contributed by atoms with Crippen LogP contribution in [-0.2, 0) is 10.2 Å². The first-order valence-corrected chi connectivity index (χ1v) is 15.1. The van der Waals surface area contributed by atoms with Crippen molar-refractivity contribution in [3.05, 3.63) is 71.4 Å². The van der Waals surface area contributed by atoms with E-state index in [4.69, 9.17) is 19.9 Å². The van der Waals surface area contributed by atoms with Crippen molar-refractivity contribution in [1.82, 2.24) is 10.3 Å². The van der Waals surface area contributed by atoms with E-state index in [0.29, 0.717) is 25.4 Å². The zero-order valence-electron chi connectivity index (χ0n) is 26.4. The Hall–Kier alpha value is -3.98. The topological polar surface area (TPSA) is 111 Å². The van der Waals surface area contributed by atoms with Gasteiger partial charge < -0.3 is 35.5 Å².